The second-order valence-electron chi connectivity index (χ2n) is 13.5. The fourth-order valence-corrected chi connectivity index (χ4v) is 8.55. The number of rotatable bonds is 7. The number of fused-ring (bicyclic) bond motifs is 8. The molecular weight excluding hydrogens is 658 g/mol. The van der Waals surface area contributed by atoms with Gasteiger partial charge in [0.15, 0.2) is 29.3 Å². The van der Waals surface area contributed by atoms with E-state index in [2.05, 4.69) is 52.3 Å². The maximum atomic E-state index is 11.6. The summed E-state index contributed by atoms with van der Waals surface area (Å²) >= 11 is 0. The number of carbonyl (C=O) groups excluding carboxylic acids is 1. The molecule has 0 unspecified atom stereocenters. The molecule has 0 fully saturated rings. The van der Waals surface area contributed by atoms with Crippen molar-refractivity contribution in [3.63, 3.8) is 0 Å². The number of hydrogen-bond donors (Lipinski definition) is 0. The summed E-state index contributed by atoms with van der Waals surface area (Å²) in [7, 11) is 9.91. The SMILES string of the molecule is COc1cc2c(cc1OC)[C@@H]1Cc3ccc(OC)c(C#N)c3CN1CC2.COc1cc2c(cc1OC)[C@@H]1Cc3ccc(OC)c(C=O)c3CN1CC2. The smallest absolute Gasteiger partial charge is 0.161 e. The van der Waals surface area contributed by atoms with Crippen molar-refractivity contribution in [1.82, 2.24) is 9.80 Å². The Morgan fingerprint density at radius 3 is 1.50 bits per heavy atom. The predicted octanol–water partition coefficient (Wildman–Crippen LogP) is 6.42. The van der Waals surface area contributed by atoms with E-state index in [-0.39, 0.29) is 0 Å². The highest BCUT2D eigenvalue weighted by Gasteiger charge is 2.36. The normalized spacial score (nSPS) is 18.2. The van der Waals surface area contributed by atoms with Gasteiger partial charge in [0.05, 0.1) is 53.8 Å². The van der Waals surface area contributed by atoms with E-state index in [1.54, 1.807) is 42.7 Å². The zero-order valence-corrected chi connectivity index (χ0v) is 30.7. The van der Waals surface area contributed by atoms with Crippen LogP contribution in [-0.4, -0.2) is 71.8 Å². The lowest BCUT2D eigenvalue weighted by Crippen LogP contribution is -2.39. The van der Waals surface area contributed by atoms with Gasteiger partial charge in [0.1, 0.15) is 17.6 Å². The first-order valence-corrected chi connectivity index (χ1v) is 17.6. The molecule has 0 amide bonds. The minimum Gasteiger partial charge on any atom is -0.496 e. The van der Waals surface area contributed by atoms with Gasteiger partial charge in [-0.25, -0.2) is 0 Å². The molecule has 10 heteroatoms. The molecule has 270 valence electrons. The van der Waals surface area contributed by atoms with E-state index in [1.165, 1.54) is 33.4 Å². The molecule has 0 bridgehead atoms. The maximum absolute atomic E-state index is 11.6. The van der Waals surface area contributed by atoms with E-state index in [9.17, 15) is 10.1 Å². The summed E-state index contributed by atoms with van der Waals surface area (Å²) in [6, 6.07) is 19.4. The zero-order chi connectivity index (χ0) is 36.5. The molecule has 0 saturated carbocycles. The monoisotopic (exact) mass is 703 g/mol. The van der Waals surface area contributed by atoms with Crippen LogP contribution in [0.15, 0.2) is 48.5 Å². The fourth-order valence-electron chi connectivity index (χ4n) is 8.55. The molecule has 4 heterocycles. The molecule has 52 heavy (non-hydrogen) atoms. The van der Waals surface area contributed by atoms with Gasteiger partial charge in [-0.15, -0.1) is 0 Å². The molecule has 2 atom stereocenters. The first kappa shape index (κ1) is 35.2. The number of carbonyl (C=O) groups is 1. The summed E-state index contributed by atoms with van der Waals surface area (Å²) in [5, 5.41) is 9.61. The summed E-state index contributed by atoms with van der Waals surface area (Å²) in [5.74, 6) is 4.42. The third kappa shape index (κ3) is 6.08. The molecule has 0 N–H and O–H groups in total. The van der Waals surface area contributed by atoms with Crippen molar-refractivity contribution in [2.45, 2.75) is 50.9 Å². The van der Waals surface area contributed by atoms with Gasteiger partial charge in [-0.3, -0.25) is 14.6 Å². The second kappa shape index (κ2) is 14.8. The van der Waals surface area contributed by atoms with Crippen LogP contribution in [0.25, 0.3) is 0 Å². The minimum absolute atomic E-state index is 0.291. The fraction of sp³-hybridized carbons (Fsp3) is 0.381. The third-order valence-electron chi connectivity index (χ3n) is 11.2. The molecule has 0 saturated heterocycles. The second-order valence-corrected chi connectivity index (χ2v) is 13.5. The van der Waals surface area contributed by atoms with Crippen molar-refractivity contribution in [3.8, 4) is 40.6 Å². The topological polar surface area (TPSA) is 103 Å². The molecular formula is C42H45N3O7. The van der Waals surface area contributed by atoms with Crippen LogP contribution in [0.1, 0.15) is 72.5 Å². The Morgan fingerprint density at radius 1 is 0.596 bits per heavy atom. The average Bonchev–Trinajstić information content (AvgIpc) is 3.20. The van der Waals surface area contributed by atoms with Crippen LogP contribution in [0.5, 0.6) is 34.5 Å². The van der Waals surface area contributed by atoms with Crippen LogP contribution in [0.3, 0.4) is 0 Å². The van der Waals surface area contributed by atoms with Crippen LogP contribution in [0.4, 0.5) is 0 Å². The van der Waals surface area contributed by atoms with Crippen LogP contribution in [-0.2, 0) is 38.8 Å². The molecule has 0 spiro atoms. The highest BCUT2D eigenvalue weighted by atomic mass is 16.5. The average molecular weight is 704 g/mol. The third-order valence-corrected chi connectivity index (χ3v) is 11.2. The molecule has 4 aliphatic rings. The highest BCUT2D eigenvalue weighted by molar-refractivity contribution is 5.82. The van der Waals surface area contributed by atoms with Crippen molar-refractivity contribution in [2.24, 2.45) is 0 Å². The quantitative estimate of drug-likeness (QED) is 0.201. The Balaban J connectivity index is 0.000000162. The van der Waals surface area contributed by atoms with Gasteiger partial charge < -0.3 is 28.4 Å². The van der Waals surface area contributed by atoms with E-state index in [1.807, 2.05) is 12.1 Å². The van der Waals surface area contributed by atoms with E-state index in [0.29, 0.717) is 34.7 Å². The van der Waals surface area contributed by atoms with Crippen LogP contribution >= 0.6 is 0 Å². The lowest BCUT2D eigenvalue weighted by molar-refractivity contribution is 0.111. The standard InChI is InChI=1S/C21H22N2O3.C21H23NO4/c1-24-19-5-4-13-8-18-15-10-21(26-3)20(25-2)9-14(15)6-7-23(18)12-17(13)16(19)11-22;1-24-19-5-4-13-8-18-15-10-21(26-3)20(25-2)9-14(15)6-7-22(18)11-16(13)17(19)12-23/h4-5,9-10,18H,6-8,12H2,1-3H3;4-5,9-10,12,18H,6-8,11H2,1-3H3/t2*18-/m00/s1. The lowest BCUT2D eigenvalue weighted by Gasteiger charge is -2.42. The summed E-state index contributed by atoms with van der Waals surface area (Å²) in [4.78, 5) is 16.5. The van der Waals surface area contributed by atoms with Gasteiger partial charge >= 0.3 is 0 Å². The molecule has 4 aliphatic heterocycles. The summed E-state index contributed by atoms with van der Waals surface area (Å²) in [6.07, 6.45) is 4.61. The molecule has 4 aromatic carbocycles. The lowest BCUT2D eigenvalue weighted by atomic mass is 9.82. The first-order valence-electron chi connectivity index (χ1n) is 17.6. The zero-order valence-electron chi connectivity index (χ0n) is 30.7. The number of hydrogen-bond acceptors (Lipinski definition) is 10. The largest absolute Gasteiger partial charge is 0.496 e. The molecule has 4 aromatic rings. The van der Waals surface area contributed by atoms with Crippen LogP contribution in [0, 0.1) is 11.3 Å². The van der Waals surface area contributed by atoms with Crippen molar-refractivity contribution in [3.05, 3.63) is 104 Å². The Labute approximate surface area is 305 Å². The van der Waals surface area contributed by atoms with Crippen molar-refractivity contribution in [1.29, 1.82) is 5.26 Å². The van der Waals surface area contributed by atoms with Gasteiger partial charge in [-0.1, -0.05) is 12.1 Å². The van der Waals surface area contributed by atoms with Gasteiger partial charge in [0.25, 0.3) is 0 Å². The Bertz CT molecular complexity index is 2050. The number of ether oxygens (including phenoxy) is 6. The number of aldehydes is 1. The summed E-state index contributed by atoms with van der Waals surface area (Å²) < 4.78 is 32.7. The molecule has 0 radical (unpaired) electrons. The van der Waals surface area contributed by atoms with Gasteiger partial charge in [-0.05, 0) is 107 Å². The number of nitriles is 1. The number of nitrogens with zero attached hydrogens (tertiary/aromatic N) is 3. The van der Waals surface area contributed by atoms with E-state index < -0.39 is 0 Å². The molecule has 0 aliphatic carbocycles. The predicted molar refractivity (Wildman–Crippen MR) is 196 cm³/mol. The Kier molecular flexibility index (Phi) is 10.00. The molecule has 0 aromatic heterocycles. The van der Waals surface area contributed by atoms with Crippen molar-refractivity contribution >= 4 is 6.29 Å². The van der Waals surface area contributed by atoms with Crippen LogP contribution in [0.2, 0.25) is 0 Å². The molecule has 8 rings (SSSR count). The number of methoxy groups -OCH3 is 6. The van der Waals surface area contributed by atoms with Gasteiger partial charge in [-0.2, -0.15) is 5.26 Å². The van der Waals surface area contributed by atoms with E-state index >= 15 is 0 Å². The number of benzene rings is 4. The first-order chi connectivity index (χ1) is 25.4. The van der Waals surface area contributed by atoms with Crippen LogP contribution < -0.4 is 28.4 Å². The van der Waals surface area contributed by atoms with Gasteiger partial charge in [0, 0.05) is 38.3 Å². The van der Waals surface area contributed by atoms with E-state index in [0.717, 1.165) is 92.3 Å². The Morgan fingerprint density at radius 2 is 1.04 bits per heavy atom. The molecule has 10 nitrogen and oxygen atoms in total. The Hall–Kier alpha value is -5.24. The summed E-state index contributed by atoms with van der Waals surface area (Å²) in [5.41, 5.74) is 11.2. The summed E-state index contributed by atoms with van der Waals surface area (Å²) in [6.45, 7) is 3.46. The minimum atomic E-state index is 0.291. The van der Waals surface area contributed by atoms with Crippen molar-refractivity contribution < 1.29 is 33.2 Å². The van der Waals surface area contributed by atoms with E-state index in [4.69, 9.17) is 28.4 Å². The maximum Gasteiger partial charge on any atom is 0.161 e. The highest BCUT2D eigenvalue weighted by Crippen LogP contribution is 2.45. The van der Waals surface area contributed by atoms with Crippen molar-refractivity contribution in [2.75, 3.05) is 55.7 Å². The van der Waals surface area contributed by atoms with Gasteiger partial charge in [0.2, 0.25) is 0 Å².